The number of Topliss-reactive ketones (excluding diaryl/α,β-unsaturated/α-hetero) is 1. The molecule has 0 spiro atoms. The quantitative estimate of drug-likeness (QED) is 0.553. The van der Waals surface area contributed by atoms with Crippen LogP contribution in [0.3, 0.4) is 0 Å². The highest BCUT2D eigenvalue weighted by Crippen LogP contribution is 2.39. The molecule has 2 atom stereocenters. The van der Waals surface area contributed by atoms with Gasteiger partial charge in [-0.05, 0) is 37.6 Å². The number of anilines is 3. The fraction of sp³-hybridized carbons (Fsp3) is 0.429. The van der Waals surface area contributed by atoms with Crippen LogP contribution in [0.4, 0.5) is 39.7 Å². The van der Waals surface area contributed by atoms with Gasteiger partial charge in [-0.25, -0.2) is 19.2 Å². The first-order valence-electron chi connectivity index (χ1n) is 10.1. The molecular formula is C21H21F4N5O2. The summed E-state index contributed by atoms with van der Waals surface area (Å²) in [5.41, 5.74) is 0.618. The Morgan fingerprint density at radius 3 is 2.66 bits per heavy atom. The van der Waals surface area contributed by atoms with Crippen molar-refractivity contribution in [2.45, 2.75) is 38.9 Å². The van der Waals surface area contributed by atoms with E-state index in [0.29, 0.717) is 25.2 Å². The number of hydrogen-bond donors (Lipinski definition) is 1. The van der Waals surface area contributed by atoms with Crippen LogP contribution in [0.1, 0.15) is 35.9 Å². The average molecular weight is 451 g/mol. The minimum Gasteiger partial charge on any atom is -0.366 e. The predicted molar refractivity (Wildman–Crippen MR) is 109 cm³/mol. The largest absolute Gasteiger partial charge is 0.391 e. The predicted octanol–water partition coefficient (Wildman–Crippen LogP) is 4.33. The minimum absolute atomic E-state index is 0.124. The lowest BCUT2D eigenvalue weighted by atomic mass is 10.0. The highest BCUT2D eigenvalue weighted by atomic mass is 19.4. The van der Waals surface area contributed by atoms with E-state index < -0.39 is 36.1 Å². The highest BCUT2D eigenvalue weighted by Gasteiger charge is 2.41. The molecule has 0 aliphatic carbocycles. The fourth-order valence-corrected chi connectivity index (χ4v) is 3.91. The number of carbonyl (C=O) groups excluding carboxylic acids is 2. The number of carbonyl (C=O) groups is 2. The summed E-state index contributed by atoms with van der Waals surface area (Å²) in [6, 6.07) is 4.74. The van der Waals surface area contributed by atoms with E-state index in [9.17, 15) is 27.2 Å². The molecule has 2 amide bonds. The van der Waals surface area contributed by atoms with Crippen molar-refractivity contribution >= 4 is 29.1 Å². The first-order valence-corrected chi connectivity index (χ1v) is 10.1. The standard InChI is InChI=1S/C21H21F4N5O2/c1-11(21(23,24)25)9-17(31)15-4-5-16-19(27-15)30(13-7-8-29(16)10-13)20(32)28-18-6-3-14(22)12(2)26-18/h3-6,11,13H,7-10H2,1-2H3,(H,26,28,32)/t11-,13-/m0/s1. The zero-order valence-electron chi connectivity index (χ0n) is 17.4. The monoisotopic (exact) mass is 451 g/mol. The van der Waals surface area contributed by atoms with Crippen molar-refractivity contribution in [2.75, 3.05) is 28.2 Å². The van der Waals surface area contributed by atoms with Gasteiger partial charge in [0.25, 0.3) is 0 Å². The Kier molecular flexibility index (Phi) is 5.51. The Hall–Kier alpha value is -3.24. The molecule has 4 heterocycles. The summed E-state index contributed by atoms with van der Waals surface area (Å²) in [6.45, 7) is 3.66. The second-order valence-electron chi connectivity index (χ2n) is 8.06. The summed E-state index contributed by atoms with van der Waals surface area (Å²) in [6.07, 6.45) is -4.55. The van der Waals surface area contributed by atoms with E-state index in [4.69, 9.17) is 0 Å². The third-order valence-electron chi connectivity index (χ3n) is 5.76. The van der Waals surface area contributed by atoms with Gasteiger partial charge >= 0.3 is 12.2 Å². The van der Waals surface area contributed by atoms with Crippen molar-refractivity contribution in [3.8, 4) is 0 Å². The van der Waals surface area contributed by atoms with Crippen molar-refractivity contribution < 1.29 is 27.2 Å². The molecule has 4 rings (SSSR count). The van der Waals surface area contributed by atoms with Crippen LogP contribution in [0.25, 0.3) is 0 Å². The molecule has 2 aromatic rings. The molecule has 0 saturated carbocycles. The number of rotatable bonds is 4. The zero-order chi connectivity index (χ0) is 23.2. The number of nitrogens with one attached hydrogen (secondary N) is 1. The van der Waals surface area contributed by atoms with Gasteiger partial charge < -0.3 is 4.90 Å². The van der Waals surface area contributed by atoms with Crippen LogP contribution >= 0.6 is 0 Å². The van der Waals surface area contributed by atoms with Crippen molar-refractivity contribution in [2.24, 2.45) is 5.92 Å². The second-order valence-corrected chi connectivity index (χ2v) is 8.06. The number of aromatic nitrogens is 2. The molecule has 2 aromatic heterocycles. The average Bonchev–Trinajstić information content (AvgIpc) is 3.14. The number of nitrogens with zero attached hydrogens (tertiary/aromatic N) is 4. The van der Waals surface area contributed by atoms with Crippen molar-refractivity contribution in [1.29, 1.82) is 0 Å². The van der Waals surface area contributed by atoms with Crippen LogP contribution in [0, 0.1) is 18.7 Å². The summed E-state index contributed by atoms with van der Waals surface area (Å²) in [5, 5.41) is 2.62. The summed E-state index contributed by atoms with van der Waals surface area (Å²) >= 11 is 0. The van der Waals surface area contributed by atoms with Gasteiger partial charge in [-0.15, -0.1) is 0 Å². The second kappa shape index (κ2) is 8.03. The molecule has 2 bridgehead atoms. The van der Waals surface area contributed by atoms with Crippen LogP contribution < -0.4 is 15.1 Å². The lowest BCUT2D eigenvalue weighted by molar-refractivity contribution is -0.168. The van der Waals surface area contributed by atoms with E-state index in [1.807, 2.05) is 4.90 Å². The molecule has 2 aliphatic heterocycles. The maximum Gasteiger partial charge on any atom is 0.391 e. The molecule has 0 aromatic carbocycles. The Morgan fingerprint density at radius 1 is 1.22 bits per heavy atom. The van der Waals surface area contributed by atoms with E-state index in [0.717, 1.165) is 6.92 Å². The van der Waals surface area contributed by atoms with Crippen molar-refractivity contribution in [1.82, 2.24) is 9.97 Å². The molecule has 170 valence electrons. The molecule has 0 unspecified atom stereocenters. The molecular weight excluding hydrogens is 430 g/mol. The Balaban J connectivity index is 1.63. The summed E-state index contributed by atoms with van der Waals surface area (Å²) in [7, 11) is 0. The van der Waals surface area contributed by atoms with Crippen LogP contribution in [0.15, 0.2) is 24.3 Å². The SMILES string of the molecule is Cc1nc(NC(=O)N2c3nc(C(=O)C[C@H](C)C(F)(F)F)ccc3N3CC[C@H]2C3)ccc1F. The number of amides is 2. The fourth-order valence-electron chi connectivity index (χ4n) is 3.91. The first-order chi connectivity index (χ1) is 15.0. The van der Waals surface area contributed by atoms with Gasteiger partial charge in [-0.3, -0.25) is 15.0 Å². The van der Waals surface area contributed by atoms with E-state index >= 15 is 0 Å². The molecule has 11 heteroatoms. The zero-order valence-corrected chi connectivity index (χ0v) is 17.4. The number of ketones is 1. The van der Waals surface area contributed by atoms with Crippen molar-refractivity contribution in [3.05, 3.63) is 41.5 Å². The smallest absolute Gasteiger partial charge is 0.366 e. The number of halogens is 4. The Labute approximate surface area is 181 Å². The topological polar surface area (TPSA) is 78.4 Å². The highest BCUT2D eigenvalue weighted by molar-refractivity contribution is 6.05. The van der Waals surface area contributed by atoms with Crippen LogP contribution in [0.2, 0.25) is 0 Å². The van der Waals surface area contributed by atoms with Crippen molar-refractivity contribution in [3.63, 3.8) is 0 Å². The van der Waals surface area contributed by atoms with E-state index in [2.05, 4.69) is 15.3 Å². The van der Waals surface area contributed by atoms with E-state index in [1.165, 1.54) is 30.0 Å². The van der Waals surface area contributed by atoms with Gasteiger partial charge in [0, 0.05) is 19.5 Å². The lowest BCUT2D eigenvalue weighted by Crippen LogP contribution is -2.48. The van der Waals surface area contributed by atoms with Crippen LogP contribution in [-0.4, -0.2) is 47.1 Å². The number of aryl methyl sites for hydroxylation is 1. The van der Waals surface area contributed by atoms with Gasteiger partial charge in [-0.2, -0.15) is 13.2 Å². The third-order valence-corrected chi connectivity index (χ3v) is 5.76. The summed E-state index contributed by atoms with van der Waals surface area (Å²) < 4.78 is 52.1. The Bertz CT molecular complexity index is 1070. The molecule has 32 heavy (non-hydrogen) atoms. The van der Waals surface area contributed by atoms with Gasteiger partial charge in [0.1, 0.15) is 17.3 Å². The first kappa shape index (κ1) is 22.0. The van der Waals surface area contributed by atoms with E-state index in [-0.39, 0.29) is 29.1 Å². The molecule has 1 N–H and O–H groups in total. The molecule has 1 saturated heterocycles. The maximum atomic E-state index is 13.5. The number of hydrogen-bond acceptors (Lipinski definition) is 5. The van der Waals surface area contributed by atoms with Gasteiger partial charge in [-0.1, -0.05) is 6.92 Å². The van der Waals surface area contributed by atoms with Gasteiger partial charge in [0.15, 0.2) is 11.6 Å². The molecule has 7 nitrogen and oxygen atoms in total. The number of pyridine rings is 2. The number of fused-ring (bicyclic) bond motifs is 4. The molecule has 0 radical (unpaired) electrons. The Morgan fingerprint density at radius 2 is 1.97 bits per heavy atom. The minimum atomic E-state index is -4.49. The van der Waals surface area contributed by atoms with Crippen LogP contribution in [0.5, 0.6) is 0 Å². The number of alkyl halides is 3. The molecule has 1 fully saturated rings. The third kappa shape index (κ3) is 4.11. The van der Waals surface area contributed by atoms with E-state index in [1.54, 1.807) is 6.07 Å². The molecule has 2 aliphatic rings. The lowest BCUT2D eigenvalue weighted by Gasteiger charge is -2.35. The van der Waals surface area contributed by atoms with Gasteiger partial charge in [0.2, 0.25) is 0 Å². The number of urea groups is 1. The normalized spacial score (nSPS) is 18.4. The summed E-state index contributed by atoms with van der Waals surface area (Å²) in [4.78, 5) is 37.3. The van der Waals surface area contributed by atoms with Crippen LogP contribution in [-0.2, 0) is 0 Å². The summed E-state index contributed by atoms with van der Waals surface area (Å²) in [5.74, 6) is -2.69. The maximum absolute atomic E-state index is 13.5. The van der Waals surface area contributed by atoms with Gasteiger partial charge in [0.05, 0.1) is 23.3 Å².